The van der Waals surface area contributed by atoms with Gasteiger partial charge in [-0.3, -0.25) is 9.78 Å². The van der Waals surface area contributed by atoms with Gasteiger partial charge in [0.2, 0.25) is 10.0 Å². The molecule has 2 aliphatic rings. The molecule has 42 heavy (non-hydrogen) atoms. The second-order valence-corrected chi connectivity index (χ2v) is 14.6. The molecule has 228 valence electrons. The summed E-state index contributed by atoms with van der Waals surface area (Å²) in [7, 11) is -1.41. The second kappa shape index (κ2) is 12.4. The van der Waals surface area contributed by atoms with E-state index in [2.05, 4.69) is 27.7 Å². The minimum Gasteiger partial charge on any atom is -0.339 e. The maximum absolute atomic E-state index is 14.4. The van der Waals surface area contributed by atoms with Crippen LogP contribution in [-0.4, -0.2) is 78.7 Å². The molecule has 3 aromatic rings. The molecule has 0 bridgehead atoms. The number of carbonyl (C=O) groups excluding carboxylic acids is 1. The first-order chi connectivity index (χ1) is 19.9. The standard InChI is InChI=1S/C32H44FN5O3S/c1-21(2)36(4)32(39)28-15-26(33)8-11-29(28)38-20-25(31-22(3)16-34-17-30(31)38)14-24-12-13-37(19-24)18-23-6-9-27(10-7-23)35-42(5,40)41/h8,11,15-17,20-21,23-24,27,35H,6-7,9-10,12-14,18-19H2,1-5H3/t23?,24-,27?/m1/s1. The SMILES string of the molecule is Cc1cncc2c1c(C[C@H]1CCN(CC3CCC(NS(C)(=O)=O)CC3)C1)cn2-c1ccc(F)cc1C(=O)N(C)C(C)C. The number of benzene rings is 1. The number of nitrogens with zero attached hydrogens (tertiary/aromatic N) is 4. The minimum atomic E-state index is -3.15. The molecule has 0 unspecified atom stereocenters. The fourth-order valence-corrected chi connectivity index (χ4v) is 7.64. The van der Waals surface area contributed by atoms with E-state index in [1.165, 1.54) is 24.0 Å². The molecule has 1 aromatic carbocycles. The predicted octanol–water partition coefficient (Wildman–Crippen LogP) is 4.93. The largest absolute Gasteiger partial charge is 0.339 e. The quantitative estimate of drug-likeness (QED) is 0.378. The van der Waals surface area contributed by atoms with Crippen molar-refractivity contribution < 1.29 is 17.6 Å². The minimum absolute atomic E-state index is 0.0148. The number of rotatable bonds is 9. The maximum atomic E-state index is 14.4. The van der Waals surface area contributed by atoms with Crippen LogP contribution >= 0.6 is 0 Å². The molecule has 0 spiro atoms. The van der Waals surface area contributed by atoms with Gasteiger partial charge in [0, 0.05) is 50.0 Å². The molecule has 1 saturated heterocycles. The summed E-state index contributed by atoms with van der Waals surface area (Å²) in [6, 6.07) is 4.50. The first-order valence-corrected chi connectivity index (χ1v) is 17.0. The summed E-state index contributed by atoms with van der Waals surface area (Å²) < 4.78 is 42.4. The zero-order chi connectivity index (χ0) is 30.2. The van der Waals surface area contributed by atoms with E-state index in [4.69, 9.17) is 0 Å². The summed E-state index contributed by atoms with van der Waals surface area (Å²) in [5, 5.41) is 1.15. The Kier molecular flexibility index (Phi) is 9.06. The number of amides is 1. The zero-order valence-electron chi connectivity index (χ0n) is 25.4. The average Bonchev–Trinajstić information content (AvgIpc) is 3.53. The van der Waals surface area contributed by atoms with Gasteiger partial charge in [-0.2, -0.15) is 0 Å². The van der Waals surface area contributed by atoms with E-state index >= 15 is 0 Å². The first kappa shape index (κ1) is 30.6. The fourth-order valence-electron chi connectivity index (χ4n) is 6.80. The summed E-state index contributed by atoms with van der Waals surface area (Å²) in [6.45, 7) is 9.14. The molecule has 1 N–H and O–H groups in total. The van der Waals surface area contributed by atoms with Crippen molar-refractivity contribution in [3.63, 3.8) is 0 Å². The van der Waals surface area contributed by atoms with Crippen LogP contribution in [0.25, 0.3) is 16.6 Å². The van der Waals surface area contributed by atoms with Crippen molar-refractivity contribution in [3.8, 4) is 5.69 Å². The van der Waals surface area contributed by atoms with E-state index in [0.717, 1.165) is 74.6 Å². The molecule has 2 aromatic heterocycles. The van der Waals surface area contributed by atoms with Crippen molar-refractivity contribution in [2.75, 3.05) is 32.9 Å². The molecule has 1 amide bonds. The van der Waals surface area contributed by atoms with Gasteiger partial charge in [0.15, 0.2) is 0 Å². The van der Waals surface area contributed by atoms with Gasteiger partial charge in [-0.15, -0.1) is 0 Å². The van der Waals surface area contributed by atoms with E-state index in [1.807, 2.05) is 30.8 Å². The fraction of sp³-hybridized carbons (Fsp3) is 0.562. The summed E-state index contributed by atoms with van der Waals surface area (Å²) in [5.74, 6) is 0.476. The van der Waals surface area contributed by atoms with Crippen molar-refractivity contribution >= 4 is 26.8 Å². The van der Waals surface area contributed by atoms with Gasteiger partial charge in [-0.25, -0.2) is 17.5 Å². The number of hydrogen-bond acceptors (Lipinski definition) is 5. The van der Waals surface area contributed by atoms with Gasteiger partial charge in [0.05, 0.1) is 29.2 Å². The Hall–Kier alpha value is -2.82. The number of carbonyl (C=O) groups is 1. The van der Waals surface area contributed by atoms with Gasteiger partial charge in [-0.1, -0.05) is 0 Å². The molecular weight excluding hydrogens is 553 g/mol. The van der Waals surface area contributed by atoms with Crippen molar-refractivity contribution in [3.05, 3.63) is 59.3 Å². The molecule has 10 heteroatoms. The molecular formula is C32H44FN5O3S. The highest BCUT2D eigenvalue weighted by Gasteiger charge is 2.29. The summed E-state index contributed by atoms with van der Waals surface area (Å²) >= 11 is 0. The van der Waals surface area contributed by atoms with Gasteiger partial charge in [0.25, 0.3) is 5.91 Å². The highest BCUT2D eigenvalue weighted by Crippen LogP contribution is 2.33. The predicted molar refractivity (Wildman–Crippen MR) is 165 cm³/mol. The Morgan fingerprint density at radius 1 is 1.14 bits per heavy atom. The van der Waals surface area contributed by atoms with Gasteiger partial charge >= 0.3 is 0 Å². The van der Waals surface area contributed by atoms with Crippen LogP contribution in [-0.2, 0) is 16.4 Å². The van der Waals surface area contributed by atoms with Crippen LogP contribution in [0.3, 0.4) is 0 Å². The molecule has 1 saturated carbocycles. The third-order valence-electron chi connectivity index (χ3n) is 9.15. The number of likely N-dealkylation sites (tertiary alicyclic amines) is 1. The Morgan fingerprint density at radius 3 is 2.57 bits per heavy atom. The van der Waals surface area contributed by atoms with Crippen LogP contribution < -0.4 is 4.72 Å². The van der Waals surface area contributed by atoms with Crippen molar-refractivity contribution in [1.29, 1.82) is 0 Å². The van der Waals surface area contributed by atoms with Crippen LogP contribution in [0.5, 0.6) is 0 Å². The zero-order valence-corrected chi connectivity index (χ0v) is 26.3. The highest BCUT2D eigenvalue weighted by molar-refractivity contribution is 7.88. The molecule has 5 rings (SSSR count). The number of halogens is 1. The van der Waals surface area contributed by atoms with Crippen LogP contribution in [0.15, 0.2) is 36.8 Å². The number of pyridine rings is 1. The molecule has 3 heterocycles. The molecule has 8 nitrogen and oxygen atoms in total. The highest BCUT2D eigenvalue weighted by atomic mass is 32.2. The Balaban J connectivity index is 1.33. The average molecular weight is 598 g/mol. The lowest BCUT2D eigenvalue weighted by Crippen LogP contribution is -2.39. The van der Waals surface area contributed by atoms with E-state index in [-0.39, 0.29) is 18.0 Å². The molecule has 1 aliphatic heterocycles. The van der Waals surface area contributed by atoms with Crippen LogP contribution in [0, 0.1) is 24.6 Å². The van der Waals surface area contributed by atoms with E-state index in [9.17, 15) is 17.6 Å². The van der Waals surface area contributed by atoms with Crippen molar-refractivity contribution in [2.45, 2.75) is 71.4 Å². The lowest BCUT2D eigenvalue weighted by Gasteiger charge is -2.31. The molecule has 0 radical (unpaired) electrons. The van der Waals surface area contributed by atoms with Gasteiger partial charge < -0.3 is 14.4 Å². The summed E-state index contributed by atoms with van der Waals surface area (Å²) in [6.07, 6.45) is 13.1. The molecule has 2 fully saturated rings. The summed E-state index contributed by atoms with van der Waals surface area (Å²) in [4.78, 5) is 22.1. The van der Waals surface area contributed by atoms with Gasteiger partial charge in [-0.05, 0) is 107 Å². The monoisotopic (exact) mass is 597 g/mol. The van der Waals surface area contributed by atoms with Crippen LogP contribution in [0.4, 0.5) is 4.39 Å². The Bertz CT molecular complexity index is 1540. The van der Waals surface area contributed by atoms with Crippen LogP contribution in [0.1, 0.15) is 67.4 Å². The smallest absolute Gasteiger partial charge is 0.256 e. The Morgan fingerprint density at radius 2 is 1.88 bits per heavy atom. The number of fused-ring (bicyclic) bond motifs is 1. The van der Waals surface area contributed by atoms with Crippen molar-refractivity contribution in [2.24, 2.45) is 11.8 Å². The first-order valence-electron chi connectivity index (χ1n) is 15.1. The van der Waals surface area contributed by atoms with E-state index in [0.29, 0.717) is 23.1 Å². The van der Waals surface area contributed by atoms with E-state index in [1.54, 1.807) is 18.0 Å². The molecule has 1 atom stereocenters. The number of aromatic nitrogens is 2. The third-order valence-corrected chi connectivity index (χ3v) is 9.91. The van der Waals surface area contributed by atoms with Crippen LogP contribution in [0.2, 0.25) is 0 Å². The number of hydrogen-bond donors (Lipinski definition) is 1. The lowest BCUT2D eigenvalue weighted by atomic mass is 9.86. The summed E-state index contributed by atoms with van der Waals surface area (Å²) in [5.41, 5.74) is 4.23. The van der Waals surface area contributed by atoms with Gasteiger partial charge in [0.1, 0.15) is 5.82 Å². The lowest BCUT2D eigenvalue weighted by molar-refractivity contribution is 0.0754. The Labute approximate surface area is 249 Å². The van der Waals surface area contributed by atoms with E-state index < -0.39 is 15.8 Å². The maximum Gasteiger partial charge on any atom is 0.256 e. The molecule has 1 aliphatic carbocycles. The normalized spacial score (nSPS) is 21.8. The number of nitrogens with one attached hydrogen (secondary N) is 1. The van der Waals surface area contributed by atoms with Crippen molar-refractivity contribution in [1.82, 2.24) is 24.1 Å². The third kappa shape index (κ3) is 6.87. The number of sulfonamides is 1. The second-order valence-electron chi connectivity index (χ2n) is 12.8. The number of aryl methyl sites for hydroxylation is 1. The topological polar surface area (TPSA) is 87.5 Å².